The van der Waals surface area contributed by atoms with Crippen LogP contribution in [0.2, 0.25) is 0 Å². The van der Waals surface area contributed by atoms with E-state index in [1.54, 1.807) is 17.0 Å². The number of hydrogen-bond acceptors (Lipinski definition) is 4. The third-order valence-electron chi connectivity index (χ3n) is 3.12. The zero-order valence-electron chi connectivity index (χ0n) is 11.5. The molecule has 0 bridgehead atoms. The Kier molecular flexibility index (Phi) is 4.72. The van der Waals surface area contributed by atoms with E-state index >= 15 is 0 Å². The maximum atomic E-state index is 12.1. The van der Waals surface area contributed by atoms with E-state index in [0.29, 0.717) is 24.3 Å². The van der Waals surface area contributed by atoms with Gasteiger partial charge in [-0.15, -0.1) is 0 Å². The van der Waals surface area contributed by atoms with Crippen molar-refractivity contribution in [3.8, 4) is 6.07 Å². The molecule has 7 nitrogen and oxygen atoms in total. The van der Waals surface area contributed by atoms with E-state index in [1.807, 2.05) is 6.07 Å². The van der Waals surface area contributed by atoms with Crippen LogP contribution in [0.4, 0.5) is 10.5 Å². The number of anilines is 1. The lowest BCUT2D eigenvalue weighted by Crippen LogP contribution is -2.37. The molecule has 1 aliphatic carbocycles. The third-order valence-corrected chi connectivity index (χ3v) is 3.12. The number of pyridine rings is 1. The molecule has 0 atom stereocenters. The van der Waals surface area contributed by atoms with Crippen LogP contribution in [0.5, 0.6) is 0 Å². The molecule has 21 heavy (non-hydrogen) atoms. The first-order valence-electron chi connectivity index (χ1n) is 6.71. The normalized spacial score (nSPS) is 13.3. The Morgan fingerprint density at radius 1 is 1.48 bits per heavy atom. The highest BCUT2D eigenvalue weighted by molar-refractivity contribution is 5.89. The molecule has 2 rings (SSSR count). The number of hydrogen-bond donors (Lipinski definition) is 2. The third kappa shape index (κ3) is 4.45. The van der Waals surface area contributed by atoms with Crippen molar-refractivity contribution in [3.05, 3.63) is 24.0 Å². The van der Waals surface area contributed by atoms with Gasteiger partial charge < -0.3 is 15.3 Å². The van der Waals surface area contributed by atoms with Crippen molar-refractivity contribution in [2.24, 2.45) is 0 Å². The maximum absolute atomic E-state index is 12.1. The average Bonchev–Trinajstić information content (AvgIpc) is 3.25. The molecule has 0 aromatic carbocycles. The summed E-state index contributed by atoms with van der Waals surface area (Å²) in [5.41, 5.74) is 0.945. The second kappa shape index (κ2) is 6.70. The number of nitriles is 1. The SMILES string of the molecule is N#CCCN(C(=O)Nc1ccc(CC(=O)O)nc1)C1CC1. The van der Waals surface area contributed by atoms with Gasteiger partial charge in [-0.3, -0.25) is 9.78 Å². The smallest absolute Gasteiger partial charge is 0.322 e. The first kappa shape index (κ1) is 14.8. The number of aliphatic carboxylic acids is 1. The van der Waals surface area contributed by atoms with E-state index in [4.69, 9.17) is 10.4 Å². The molecule has 0 unspecified atom stereocenters. The molecule has 0 aliphatic heterocycles. The first-order chi connectivity index (χ1) is 10.1. The summed E-state index contributed by atoms with van der Waals surface area (Å²) in [5, 5.41) is 20.0. The number of rotatable bonds is 6. The molecule has 1 aromatic heterocycles. The van der Waals surface area contributed by atoms with Crippen LogP contribution in [0.25, 0.3) is 0 Å². The quantitative estimate of drug-likeness (QED) is 0.827. The zero-order valence-corrected chi connectivity index (χ0v) is 11.5. The van der Waals surface area contributed by atoms with Gasteiger partial charge in [-0.25, -0.2) is 4.79 Å². The van der Waals surface area contributed by atoms with Gasteiger partial charge in [0.2, 0.25) is 0 Å². The van der Waals surface area contributed by atoms with Gasteiger partial charge in [0.15, 0.2) is 0 Å². The number of nitrogens with one attached hydrogen (secondary N) is 1. The highest BCUT2D eigenvalue weighted by Gasteiger charge is 2.32. The molecule has 7 heteroatoms. The fourth-order valence-corrected chi connectivity index (χ4v) is 1.96. The summed E-state index contributed by atoms with van der Waals surface area (Å²) >= 11 is 0. The van der Waals surface area contributed by atoms with Gasteiger partial charge in [-0.2, -0.15) is 5.26 Å². The standard InChI is InChI=1S/C14H16N4O3/c15-6-1-7-18(12-4-5-12)14(21)17-11-3-2-10(16-9-11)8-13(19)20/h2-3,9,12H,1,4-5,7-8H2,(H,17,21)(H,19,20). The van der Waals surface area contributed by atoms with Crippen LogP contribution in [-0.2, 0) is 11.2 Å². The molecule has 1 fully saturated rings. The molecule has 1 aromatic rings. The molecule has 1 saturated carbocycles. The van der Waals surface area contributed by atoms with Gasteiger partial charge in [0.05, 0.1) is 36.5 Å². The predicted molar refractivity (Wildman–Crippen MR) is 74.6 cm³/mol. The molecular formula is C14H16N4O3. The van der Waals surface area contributed by atoms with Gasteiger partial charge in [-0.05, 0) is 25.0 Å². The van der Waals surface area contributed by atoms with Crippen LogP contribution in [0.3, 0.4) is 0 Å². The minimum atomic E-state index is -0.948. The fourth-order valence-electron chi connectivity index (χ4n) is 1.96. The first-order valence-corrected chi connectivity index (χ1v) is 6.71. The molecule has 0 spiro atoms. The Morgan fingerprint density at radius 3 is 2.76 bits per heavy atom. The van der Waals surface area contributed by atoms with Crippen LogP contribution in [0.1, 0.15) is 25.0 Å². The largest absolute Gasteiger partial charge is 0.481 e. The Morgan fingerprint density at radius 2 is 2.24 bits per heavy atom. The molecule has 2 N–H and O–H groups in total. The highest BCUT2D eigenvalue weighted by Crippen LogP contribution is 2.27. The lowest BCUT2D eigenvalue weighted by Gasteiger charge is -2.21. The topological polar surface area (TPSA) is 106 Å². The number of nitrogens with zero attached hydrogens (tertiary/aromatic N) is 3. The number of aromatic nitrogens is 1. The van der Waals surface area contributed by atoms with E-state index in [9.17, 15) is 9.59 Å². The van der Waals surface area contributed by atoms with Gasteiger partial charge in [0.25, 0.3) is 0 Å². The van der Waals surface area contributed by atoms with Crippen molar-refractivity contribution < 1.29 is 14.7 Å². The van der Waals surface area contributed by atoms with Gasteiger partial charge in [0, 0.05) is 12.6 Å². The Labute approximate surface area is 122 Å². The molecule has 1 aliphatic rings. The average molecular weight is 288 g/mol. The van der Waals surface area contributed by atoms with E-state index in [0.717, 1.165) is 12.8 Å². The van der Waals surface area contributed by atoms with Gasteiger partial charge in [-0.1, -0.05) is 0 Å². The summed E-state index contributed by atoms with van der Waals surface area (Å²) in [6.07, 6.45) is 3.53. The van der Waals surface area contributed by atoms with Gasteiger partial charge in [0.1, 0.15) is 0 Å². The van der Waals surface area contributed by atoms with Crippen LogP contribution in [-0.4, -0.2) is 39.6 Å². The van der Waals surface area contributed by atoms with Crippen LogP contribution >= 0.6 is 0 Å². The van der Waals surface area contributed by atoms with Crippen molar-refractivity contribution in [2.45, 2.75) is 31.7 Å². The Hall–Kier alpha value is -2.62. The summed E-state index contributed by atoms with van der Waals surface area (Å²) in [7, 11) is 0. The number of carbonyl (C=O) groups is 2. The second-order valence-electron chi connectivity index (χ2n) is 4.87. The number of amides is 2. The van der Waals surface area contributed by atoms with Crippen LogP contribution < -0.4 is 5.32 Å². The Balaban J connectivity index is 1.94. The zero-order chi connectivity index (χ0) is 15.2. The summed E-state index contributed by atoms with van der Waals surface area (Å²) in [4.78, 5) is 28.4. The second-order valence-corrected chi connectivity index (χ2v) is 4.87. The molecule has 2 amide bonds. The molecule has 0 saturated heterocycles. The molecule has 1 heterocycles. The van der Waals surface area contributed by atoms with Crippen molar-refractivity contribution >= 4 is 17.7 Å². The van der Waals surface area contributed by atoms with Crippen LogP contribution in [0, 0.1) is 11.3 Å². The summed E-state index contributed by atoms with van der Waals surface area (Å²) in [5.74, 6) is -0.948. The lowest BCUT2D eigenvalue weighted by atomic mass is 10.2. The van der Waals surface area contributed by atoms with E-state index in [2.05, 4.69) is 10.3 Å². The van der Waals surface area contributed by atoms with Crippen molar-refractivity contribution in [3.63, 3.8) is 0 Å². The monoisotopic (exact) mass is 288 g/mol. The van der Waals surface area contributed by atoms with Gasteiger partial charge >= 0.3 is 12.0 Å². The van der Waals surface area contributed by atoms with Crippen LogP contribution in [0.15, 0.2) is 18.3 Å². The van der Waals surface area contributed by atoms with E-state index < -0.39 is 5.97 Å². The summed E-state index contributed by atoms with van der Waals surface area (Å²) in [6, 6.07) is 5.20. The molecule has 110 valence electrons. The molecule has 0 radical (unpaired) electrons. The van der Waals surface area contributed by atoms with Crippen molar-refractivity contribution in [1.29, 1.82) is 5.26 Å². The van der Waals surface area contributed by atoms with Crippen molar-refractivity contribution in [1.82, 2.24) is 9.88 Å². The number of carboxylic acids is 1. The lowest BCUT2D eigenvalue weighted by molar-refractivity contribution is -0.136. The summed E-state index contributed by atoms with van der Waals surface area (Å²) < 4.78 is 0. The number of urea groups is 1. The maximum Gasteiger partial charge on any atom is 0.322 e. The van der Waals surface area contributed by atoms with Crippen molar-refractivity contribution in [2.75, 3.05) is 11.9 Å². The molecular weight excluding hydrogens is 272 g/mol. The minimum absolute atomic E-state index is 0.148. The number of carbonyl (C=O) groups excluding carboxylic acids is 1. The van der Waals surface area contributed by atoms with E-state index in [1.165, 1.54) is 6.20 Å². The highest BCUT2D eigenvalue weighted by atomic mass is 16.4. The fraction of sp³-hybridized carbons (Fsp3) is 0.429. The predicted octanol–water partition coefficient (Wildman–Crippen LogP) is 1.62. The summed E-state index contributed by atoms with van der Waals surface area (Å²) in [6.45, 7) is 0.414. The van der Waals surface area contributed by atoms with E-state index in [-0.39, 0.29) is 18.5 Å². The minimum Gasteiger partial charge on any atom is -0.481 e. The number of carboxylic acid groups (broad SMARTS) is 1. The Bertz CT molecular complexity index is 561.